The number of methoxy groups -OCH3 is 1. The number of rotatable bonds is 11. The third kappa shape index (κ3) is 6.63. The Labute approximate surface area is 155 Å². The quantitative estimate of drug-likeness (QED) is 0.322. The zero-order valence-corrected chi connectivity index (χ0v) is 15.3. The maximum Gasteiger partial charge on any atom is 0.330 e. The predicted molar refractivity (Wildman–Crippen MR) is 104 cm³/mol. The lowest BCUT2D eigenvalue weighted by molar-refractivity contribution is -0.137. The third-order valence-corrected chi connectivity index (χ3v) is 4.00. The van der Waals surface area contributed by atoms with Crippen molar-refractivity contribution >= 4 is 5.97 Å². The van der Waals surface area contributed by atoms with Crippen LogP contribution in [0, 0.1) is 0 Å². The van der Waals surface area contributed by atoms with Gasteiger partial charge in [-0.3, -0.25) is 0 Å². The number of hydrogen-bond donors (Lipinski definition) is 0. The molecule has 0 aliphatic heterocycles. The van der Waals surface area contributed by atoms with Crippen LogP contribution in [0.4, 0.5) is 0 Å². The fourth-order valence-corrected chi connectivity index (χ4v) is 2.51. The van der Waals surface area contributed by atoms with E-state index in [0.717, 1.165) is 48.3 Å². The minimum absolute atomic E-state index is 0.355. The highest BCUT2D eigenvalue weighted by molar-refractivity contribution is 5.81. The summed E-state index contributed by atoms with van der Waals surface area (Å²) < 4.78 is 15.9. The molecule has 26 heavy (non-hydrogen) atoms. The molecule has 0 fully saturated rings. The van der Waals surface area contributed by atoms with E-state index in [-0.39, 0.29) is 5.97 Å². The molecule has 0 radical (unpaired) electrons. The lowest BCUT2D eigenvalue weighted by atomic mass is 10.1. The van der Waals surface area contributed by atoms with E-state index >= 15 is 0 Å². The Hall–Kier alpha value is -2.75. The van der Waals surface area contributed by atoms with E-state index in [2.05, 4.69) is 18.7 Å². The third-order valence-electron chi connectivity index (χ3n) is 4.00. The smallest absolute Gasteiger partial charge is 0.330 e. The normalized spacial score (nSPS) is 10.2. The molecular weight excluding hydrogens is 328 g/mol. The van der Waals surface area contributed by atoms with Gasteiger partial charge in [-0.2, -0.15) is 0 Å². The van der Waals surface area contributed by atoms with Crippen LogP contribution in [0.3, 0.4) is 0 Å². The van der Waals surface area contributed by atoms with Crippen molar-refractivity contribution in [2.75, 3.05) is 20.3 Å². The highest BCUT2D eigenvalue weighted by Gasteiger charge is 2.00. The maximum absolute atomic E-state index is 10.9. The molecule has 138 valence electrons. The van der Waals surface area contributed by atoms with E-state index in [1.54, 1.807) is 7.11 Å². The summed E-state index contributed by atoms with van der Waals surface area (Å²) in [6.45, 7) is 4.51. The van der Waals surface area contributed by atoms with Crippen LogP contribution < -0.4 is 9.47 Å². The van der Waals surface area contributed by atoms with Crippen molar-refractivity contribution in [3.05, 3.63) is 61.2 Å². The van der Waals surface area contributed by atoms with E-state index < -0.39 is 0 Å². The van der Waals surface area contributed by atoms with Crippen molar-refractivity contribution in [3.63, 3.8) is 0 Å². The van der Waals surface area contributed by atoms with Gasteiger partial charge in [-0.25, -0.2) is 4.79 Å². The standard InChI is InChI=1S/C22H26O4/c1-3-22(23)26-17-7-5-4-6-16-25-21-14-10-19(11-15-21)18-8-12-20(24-2)13-9-18/h3,8-15H,1,4-7,16-17H2,2H3. The van der Waals surface area contributed by atoms with Crippen molar-refractivity contribution in [1.29, 1.82) is 0 Å². The molecule has 0 aliphatic carbocycles. The molecule has 0 N–H and O–H groups in total. The van der Waals surface area contributed by atoms with Gasteiger partial charge in [0.25, 0.3) is 0 Å². The first kappa shape index (κ1) is 19.6. The van der Waals surface area contributed by atoms with Crippen molar-refractivity contribution < 1.29 is 19.0 Å². The van der Waals surface area contributed by atoms with Crippen molar-refractivity contribution in [3.8, 4) is 22.6 Å². The zero-order valence-electron chi connectivity index (χ0n) is 15.3. The van der Waals surface area contributed by atoms with Crippen LogP contribution in [0.15, 0.2) is 61.2 Å². The summed E-state index contributed by atoms with van der Waals surface area (Å²) in [6.07, 6.45) is 5.11. The molecular formula is C22H26O4. The van der Waals surface area contributed by atoms with Gasteiger partial charge < -0.3 is 14.2 Å². The summed E-state index contributed by atoms with van der Waals surface area (Å²) in [5.74, 6) is 1.38. The Morgan fingerprint density at radius 2 is 1.38 bits per heavy atom. The predicted octanol–water partition coefficient (Wildman–Crippen LogP) is 5.03. The molecule has 4 nitrogen and oxygen atoms in total. The van der Waals surface area contributed by atoms with Gasteiger partial charge in [0, 0.05) is 6.08 Å². The average molecular weight is 354 g/mol. The minimum Gasteiger partial charge on any atom is -0.497 e. The monoisotopic (exact) mass is 354 g/mol. The molecule has 2 rings (SSSR count). The van der Waals surface area contributed by atoms with Gasteiger partial charge in [0.05, 0.1) is 20.3 Å². The van der Waals surface area contributed by atoms with Gasteiger partial charge in [0.2, 0.25) is 0 Å². The second kappa shape index (κ2) is 11.0. The number of carbonyl (C=O) groups excluding carboxylic acids is 1. The Morgan fingerprint density at radius 3 is 1.92 bits per heavy atom. The molecule has 0 saturated carbocycles. The molecule has 2 aromatic carbocycles. The fourth-order valence-electron chi connectivity index (χ4n) is 2.51. The highest BCUT2D eigenvalue weighted by Crippen LogP contribution is 2.24. The molecule has 2 aromatic rings. The molecule has 0 aliphatic rings. The number of benzene rings is 2. The van der Waals surface area contributed by atoms with Crippen LogP contribution in [0.2, 0.25) is 0 Å². The van der Waals surface area contributed by atoms with E-state index in [9.17, 15) is 4.79 Å². The molecule has 0 spiro atoms. The first-order chi connectivity index (χ1) is 12.7. The summed E-state index contributed by atoms with van der Waals surface area (Å²) in [6, 6.07) is 16.1. The van der Waals surface area contributed by atoms with E-state index in [0.29, 0.717) is 13.2 Å². The second-order valence-electron chi connectivity index (χ2n) is 5.89. The van der Waals surface area contributed by atoms with Crippen molar-refractivity contribution in [1.82, 2.24) is 0 Å². The molecule has 0 heterocycles. The summed E-state index contributed by atoms with van der Waals surface area (Å²) in [5.41, 5.74) is 2.29. The summed E-state index contributed by atoms with van der Waals surface area (Å²) in [4.78, 5) is 10.9. The molecule has 0 bridgehead atoms. The Balaban J connectivity index is 1.64. The van der Waals surface area contributed by atoms with Gasteiger partial charge in [0.1, 0.15) is 11.5 Å². The second-order valence-corrected chi connectivity index (χ2v) is 5.89. The van der Waals surface area contributed by atoms with Crippen LogP contribution in [0.1, 0.15) is 25.7 Å². The number of ether oxygens (including phenoxy) is 3. The van der Waals surface area contributed by atoms with E-state index in [1.807, 2.05) is 36.4 Å². The lowest BCUT2D eigenvalue weighted by Crippen LogP contribution is -2.02. The van der Waals surface area contributed by atoms with Gasteiger partial charge >= 0.3 is 5.97 Å². The molecule has 0 unspecified atom stereocenters. The van der Waals surface area contributed by atoms with Gasteiger partial charge in [0.15, 0.2) is 0 Å². The molecule has 0 atom stereocenters. The van der Waals surface area contributed by atoms with Crippen molar-refractivity contribution in [2.24, 2.45) is 0 Å². The Bertz CT molecular complexity index is 674. The minimum atomic E-state index is -0.355. The summed E-state index contributed by atoms with van der Waals surface area (Å²) in [5, 5.41) is 0. The van der Waals surface area contributed by atoms with Crippen LogP contribution >= 0.6 is 0 Å². The topological polar surface area (TPSA) is 44.8 Å². The highest BCUT2D eigenvalue weighted by atomic mass is 16.5. The van der Waals surface area contributed by atoms with Crippen molar-refractivity contribution in [2.45, 2.75) is 25.7 Å². The average Bonchev–Trinajstić information content (AvgIpc) is 2.70. The van der Waals surface area contributed by atoms with Gasteiger partial charge in [-0.05, 0) is 61.1 Å². The number of unbranched alkanes of at least 4 members (excludes halogenated alkanes) is 3. The first-order valence-corrected chi connectivity index (χ1v) is 8.89. The molecule has 0 amide bonds. The number of hydrogen-bond acceptors (Lipinski definition) is 4. The number of esters is 1. The largest absolute Gasteiger partial charge is 0.497 e. The summed E-state index contributed by atoms with van der Waals surface area (Å²) >= 11 is 0. The Morgan fingerprint density at radius 1 is 0.846 bits per heavy atom. The zero-order chi connectivity index (χ0) is 18.6. The Kier molecular flexibility index (Phi) is 8.27. The van der Waals surface area contributed by atoms with E-state index in [4.69, 9.17) is 14.2 Å². The van der Waals surface area contributed by atoms with Gasteiger partial charge in [-0.1, -0.05) is 30.8 Å². The molecule has 0 aromatic heterocycles. The lowest BCUT2D eigenvalue weighted by Gasteiger charge is -2.08. The van der Waals surface area contributed by atoms with Crippen LogP contribution in [0.25, 0.3) is 11.1 Å². The molecule has 4 heteroatoms. The van der Waals surface area contributed by atoms with Crippen LogP contribution in [-0.2, 0) is 9.53 Å². The number of carbonyl (C=O) groups is 1. The SMILES string of the molecule is C=CC(=O)OCCCCCCOc1ccc(-c2ccc(OC)cc2)cc1. The first-order valence-electron chi connectivity index (χ1n) is 8.89. The van der Waals surface area contributed by atoms with Crippen LogP contribution in [-0.4, -0.2) is 26.3 Å². The molecule has 0 saturated heterocycles. The van der Waals surface area contributed by atoms with Crippen LogP contribution in [0.5, 0.6) is 11.5 Å². The summed E-state index contributed by atoms with van der Waals surface area (Å²) in [7, 11) is 1.67. The maximum atomic E-state index is 10.9. The fraction of sp³-hybridized carbons (Fsp3) is 0.318. The van der Waals surface area contributed by atoms with E-state index in [1.165, 1.54) is 6.08 Å². The van der Waals surface area contributed by atoms with Gasteiger partial charge in [-0.15, -0.1) is 0 Å².